The average Bonchev–Trinajstić information content (AvgIpc) is 2.69. The summed E-state index contributed by atoms with van der Waals surface area (Å²) in [7, 11) is 0. The first-order chi connectivity index (χ1) is 13.5. The zero-order valence-electron chi connectivity index (χ0n) is 15.8. The maximum Gasteiger partial charge on any atom is 0.408 e. The maximum absolute atomic E-state index is 12.0. The molecule has 0 aliphatic carbocycles. The number of alkyl carbamates (subject to hydrolysis) is 1. The summed E-state index contributed by atoms with van der Waals surface area (Å²) in [4.78, 5) is 23.5. The van der Waals surface area contributed by atoms with Gasteiger partial charge >= 0.3 is 12.1 Å². The number of carbonyl (C=O) groups excluding carboxylic acids is 1. The van der Waals surface area contributed by atoms with Gasteiger partial charge in [0.05, 0.1) is 6.61 Å². The number of benzene rings is 2. The van der Waals surface area contributed by atoms with Crippen LogP contribution < -0.4 is 10.1 Å². The highest BCUT2D eigenvalue weighted by atomic mass is 16.5. The van der Waals surface area contributed by atoms with Crippen LogP contribution in [0.5, 0.6) is 11.5 Å². The third-order valence-electron chi connectivity index (χ3n) is 4.02. The van der Waals surface area contributed by atoms with Gasteiger partial charge in [-0.15, -0.1) is 0 Å². The Bertz CT molecular complexity index is 778. The molecular weight excluding hydrogens is 362 g/mol. The SMILES string of the molecule is CCCCOc1cc(CC(NC(=O)OCc2ccccc2)C(=O)O)ccc1O. The summed E-state index contributed by atoms with van der Waals surface area (Å²) >= 11 is 0. The van der Waals surface area contributed by atoms with E-state index in [4.69, 9.17) is 9.47 Å². The third-order valence-corrected chi connectivity index (χ3v) is 4.02. The normalized spacial score (nSPS) is 11.5. The number of unbranched alkanes of at least 4 members (excludes halogenated alkanes) is 1. The summed E-state index contributed by atoms with van der Waals surface area (Å²) in [5.41, 5.74) is 1.41. The van der Waals surface area contributed by atoms with Gasteiger partial charge in [0.25, 0.3) is 0 Å². The molecule has 1 amide bonds. The second-order valence-corrected chi connectivity index (χ2v) is 6.31. The lowest BCUT2D eigenvalue weighted by atomic mass is 10.1. The lowest BCUT2D eigenvalue weighted by Crippen LogP contribution is -2.42. The Morgan fingerprint density at radius 1 is 1.11 bits per heavy atom. The molecule has 0 fully saturated rings. The summed E-state index contributed by atoms with van der Waals surface area (Å²) in [6, 6.07) is 12.6. The van der Waals surface area contributed by atoms with Crippen LogP contribution in [0, 0.1) is 0 Å². The van der Waals surface area contributed by atoms with Crippen molar-refractivity contribution >= 4 is 12.1 Å². The maximum atomic E-state index is 12.0. The number of carbonyl (C=O) groups is 2. The van der Waals surface area contributed by atoms with Gasteiger partial charge in [-0.3, -0.25) is 0 Å². The van der Waals surface area contributed by atoms with Gasteiger partial charge in [0, 0.05) is 6.42 Å². The Morgan fingerprint density at radius 2 is 1.86 bits per heavy atom. The standard InChI is InChI=1S/C21H25NO6/c1-2-3-11-27-19-13-16(9-10-18(19)23)12-17(20(24)25)22-21(26)28-14-15-7-5-4-6-8-15/h4-10,13,17,23H,2-3,11-12,14H2,1H3,(H,22,26)(H,24,25). The van der Waals surface area contributed by atoms with E-state index in [2.05, 4.69) is 5.32 Å². The van der Waals surface area contributed by atoms with Crippen LogP contribution >= 0.6 is 0 Å². The lowest BCUT2D eigenvalue weighted by molar-refractivity contribution is -0.139. The number of carboxylic acid groups (broad SMARTS) is 1. The number of phenolic OH excluding ortho intramolecular Hbond substituents is 1. The van der Waals surface area contributed by atoms with Gasteiger partial charge in [-0.1, -0.05) is 49.7 Å². The topological polar surface area (TPSA) is 105 Å². The van der Waals surface area contributed by atoms with Gasteiger partial charge < -0.3 is 25.0 Å². The monoisotopic (exact) mass is 387 g/mol. The van der Waals surface area contributed by atoms with Crippen molar-refractivity contribution in [1.29, 1.82) is 0 Å². The largest absolute Gasteiger partial charge is 0.504 e. The molecule has 7 heteroatoms. The summed E-state index contributed by atoms with van der Waals surface area (Å²) in [5, 5.41) is 21.6. The second kappa shape index (κ2) is 10.8. The summed E-state index contributed by atoms with van der Waals surface area (Å²) < 4.78 is 10.6. The number of aromatic hydroxyl groups is 1. The van der Waals surface area contributed by atoms with Crippen molar-refractivity contribution < 1.29 is 29.3 Å². The molecular formula is C21H25NO6. The van der Waals surface area contributed by atoms with Crippen molar-refractivity contribution in [3.8, 4) is 11.5 Å². The van der Waals surface area contributed by atoms with Gasteiger partial charge in [0.1, 0.15) is 12.6 Å². The van der Waals surface area contributed by atoms with E-state index in [9.17, 15) is 19.8 Å². The number of ether oxygens (including phenoxy) is 2. The van der Waals surface area contributed by atoms with Crippen LogP contribution in [0.15, 0.2) is 48.5 Å². The number of hydrogen-bond donors (Lipinski definition) is 3. The first-order valence-electron chi connectivity index (χ1n) is 9.14. The molecule has 0 saturated heterocycles. The van der Waals surface area contributed by atoms with E-state index in [1.54, 1.807) is 24.3 Å². The Morgan fingerprint density at radius 3 is 2.54 bits per heavy atom. The molecule has 7 nitrogen and oxygen atoms in total. The smallest absolute Gasteiger partial charge is 0.408 e. The van der Waals surface area contributed by atoms with Crippen LogP contribution in [0.25, 0.3) is 0 Å². The minimum absolute atomic E-state index is 0.0121. The third kappa shape index (κ3) is 6.83. The van der Waals surface area contributed by atoms with Crippen molar-refractivity contribution in [2.45, 2.75) is 38.8 Å². The fourth-order valence-electron chi connectivity index (χ4n) is 2.47. The molecule has 0 radical (unpaired) electrons. The van der Waals surface area contributed by atoms with E-state index >= 15 is 0 Å². The molecule has 0 aliphatic heterocycles. The van der Waals surface area contributed by atoms with Crippen molar-refractivity contribution in [2.24, 2.45) is 0 Å². The molecule has 0 saturated carbocycles. The molecule has 150 valence electrons. The van der Waals surface area contributed by atoms with Gasteiger partial charge in [0.15, 0.2) is 11.5 Å². The molecule has 28 heavy (non-hydrogen) atoms. The van der Waals surface area contributed by atoms with Crippen molar-refractivity contribution in [3.05, 3.63) is 59.7 Å². The van der Waals surface area contributed by atoms with E-state index in [1.165, 1.54) is 6.07 Å². The summed E-state index contributed by atoms with van der Waals surface area (Å²) in [6.45, 7) is 2.53. The van der Waals surface area contributed by atoms with Gasteiger partial charge in [0.2, 0.25) is 0 Å². The number of hydrogen-bond acceptors (Lipinski definition) is 5. The number of rotatable bonds is 10. The minimum atomic E-state index is -1.18. The number of nitrogens with one attached hydrogen (secondary N) is 1. The van der Waals surface area contributed by atoms with Crippen molar-refractivity contribution in [3.63, 3.8) is 0 Å². The Hall–Kier alpha value is -3.22. The van der Waals surface area contributed by atoms with Gasteiger partial charge in [-0.2, -0.15) is 0 Å². The molecule has 0 heterocycles. The van der Waals surface area contributed by atoms with Crippen LogP contribution in [-0.4, -0.2) is 34.9 Å². The molecule has 2 rings (SSSR count). The Kier molecular flexibility index (Phi) is 8.14. The highest BCUT2D eigenvalue weighted by molar-refractivity contribution is 5.80. The van der Waals surface area contributed by atoms with Gasteiger partial charge in [-0.05, 0) is 29.7 Å². The Labute approximate surface area is 163 Å². The summed E-state index contributed by atoms with van der Waals surface area (Å²) in [6.07, 6.45) is 1.02. The number of carboxylic acids is 1. The molecule has 3 N–H and O–H groups in total. The van der Waals surface area contributed by atoms with Crippen LogP contribution in [0.1, 0.15) is 30.9 Å². The molecule has 0 spiro atoms. The first kappa shape index (κ1) is 21.1. The zero-order chi connectivity index (χ0) is 20.4. The van der Waals surface area contributed by atoms with E-state index in [0.29, 0.717) is 17.9 Å². The predicted molar refractivity (Wildman–Crippen MR) is 103 cm³/mol. The van der Waals surface area contributed by atoms with Crippen LogP contribution in [0.3, 0.4) is 0 Å². The number of amides is 1. The second-order valence-electron chi connectivity index (χ2n) is 6.31. The fourth-order valence-corrected chi connectivity index (χ4v) is 2.47. The fraction of sp³-hybridized carbons (Fsp3) is 0.333. The van der Waals surface area contributed by atoms with E-state index in [-0.39, 0.29) is 18.8 Å². The highest BCUT2D eigenvalue weighted by Gasteiger charge is 2.22. The lowest BCUT2D eigenvalue weighted by Gasteiger charge is -2.16. The molecule has 2 aromatic carbocycles. The number of aliphatic carboxylic acids is 1. The molecule has 2 aromatic rings. The first-order valence-corrected chi connectivity index (χ1v) is 9.14. The predicted octanol–water partition coefficient (Wildman–Crippen LogP) is 3.49. The van der Waals surface area contributed by atoms with Crippen LogP contribution in [0.2, 0.25) is 0 Å². The zero-order valence-corrected chi connectivity index (χ0v) is 15.8. The molecule has 0 aromatic heterocycles. The van der Waals surface area contributed by atoms with Gasteiger partial charge in [-0.25, -0.2) is 9.59 Å². The highest BCUT2D eigenvalue weighted by Crippen LogP contribution is 2.27. The number of phenols is 1. The average molecular weight is 387 g/mol. The van der Waals surface area contributed by atoms with Crippen LogP contribution in [-0.2, 0) is 22.6 Å². The Balaban J connectivity index is 1.95. The molecule has 0 bridgehead atoms. The quantitative estimate of drug-likeness (QED) is 0.539. The van der Waals surface area contributed by atoms with E-state index < -0.39 is 18.1 Å². The molecule has 0 aliphatic rings. The van der Waals surface area contributed by atoms with Crippen molar-refractivity contribution in [1.82, 2.24) is 5.32 Å². The van der Waals surface area contributed by atoms with Crippen molar-refractivity contribution in [2.75, 3.05) is 6.61 Å². The molecule has 1 unspecified atom stereocenters. The van der Waals surface area contributed by atoms with Crippen LogP contribution in [0.4, 0.5) is 4.79 Å². The van der Waals surface area contributed by atoms with E-state index in [0.717, 1.165) is 18.4 Å². The summed E-state index contributed by atoms with van der Waals surface area (Å²) in [5.74, 6) is -0.901. The van der Waals surface area contributed by atoms with E-state index in [1.807, 2.05) is 25.1 Å². The molecule has 1 atom stereocenters. The minimum Gasteiger partial charge on any atom is -0.504 e.